The summed E-state index contributed by atoms with van der Waals surface area (Å²) in [6, 6.07) is 16.3. The van der Waals surface area contributed by atoms with E-state index in [9.17, 15) is 4.79 Å². The van der Waals surface area contributed by atoms with Crippen molar-refractivity contribution in [2.45, 2.75) is 6.54 Å². The Bertz CT molecular complexity index is 817. The summed E-state index contributed by atoms with van der Waals surface area (Å²) in [5.41, 5.74) is 1.31. The van der Waals surface area contributed by atoms with Crippen LogP contribution in [0.25, 0.3) is 11.4 Å². The van der Waals surface area contributed by atoms with Crippen molar-refractivity contribution in [1.29, 1.82) is 0 Å². The molecular formula is C17H14ClN3O2. The molecule has 0 fully saturated rings. The molecule has 0 aliphatic heterocycles. The van der Waals surface area contributed by atoms with E-state index in [-0.39, 0.29) is 12.5 Å². The lowest BCUT2D eigenvalue weighted by atomic mass is 10.2. The molecule has 3 rings (SSSR count). The van der Waals surface area contributed by atoms with Crippen molar-refractivity contribution in [3.8, 4) is 11.4 Å². The molecule has 5 nitrogen and oxygen atoms in total. The van der Waals surface area contributed by atoms with Gasteiger partial charge in [-0.1, -0.05) is 47.1 Å². The highest BCUT2D eigenvalue weighted by molar-refractivity contribution is 6.33. The first-order chi connectivity index (χ1) is 11.1. The average molecular weight is 328 g/mol. The number of aromatic nitrogens is 2. The van der Waals surface area contributed by atoms with Gasteiger partial charge in [0.25, 0.3) is 5.91 Å². The van der Waals surface area contributed by atoms with Crippen LogP contribution >= 0.6 is 11.6 Å². The van der Waals surface area contributed by atoms with E-state index in [0.717, 1.165) is 0 Å². The second-order valence-electron chi connectivity index (χ2n) is 5.02. The van der Waals surface area contributed by atoms with E-state index in [4.69, 9.17) is 16.1 Å². The topological polar surface area (TPSA) is 59.2 Å². The highest BCUT2D eigenvalue weighted by atomic mass is 35.5. The van der Waals surface area contributed by atoms with Crippen LogP contribution in [0, 0.1) is 0 Å². The fourth-order valence-electron chi connectivity index (χ4n) is 2.15. The standard InChI is InChI=1S/C17H14ClN3O2/c1-21(17(22)12-7-3-2-4-8-12)11-15-19-16(20-23-15)13-9-5-6-10-14(13)18/h2-10H,11H2,1H3. The molecule has 23 heavy (non-hydrogen) atoms. The van der Waals surface area contributed by atoms with E-state index in [1.165, 1.54) is 4.90 Å². The maximum Gasteiger partial charge on any atom is 0.254 e. The molecule has 1 aromatic heterocycles. The van der Waals surface area contributed by atoms with Crippen molar-refractivity contribution in [2.24, 2.45) is 0 Å². The van der Waals surface area contributed by atoms with Gasteiger partial charge in [0.15, 0.2) is 0 Å². The average Bonchev–Trinajstić information content (AvgIpc) is 3.03. The molecule has 116 valence electrons. The van der Waals surface area contributed by atoms with E-state index >= 15 is 0 Å². The number of amides is 1. The molecule has 0 N–H and O–H groups in total. The predicted octanol–water partition coefficient (Wildman–Crippen LogP) is 3.66. The monoisotopic (exact) mass is 327 g/mol. The van der Waals surface area contributed by atoms with Crippen LogP contribution in [0.15, 0.2) is 59.1 Å². The van der Waals surface area contributed by atoms with Crippen molar-refractivity contribution >= 4 is 17.5 Å². The molecular weight excluding hydrogens is 314 g/mol. The van der Waals surface area contributed by atoms with Crippen LogP contribution in [0.1, 0.15) is 16.2 Å². The Morgan fingerprint density at radius 3 is 2.57 bits per heavy atom. The molecule has 0 spiro atoms. The molecule has 2 aromatic carbocycles. The lowest BCUT2D eigenvalue weighted by molar-refractivity contribution is 0.0769. The lowest BCUT2D eigenvalue weighted by Crippen LogP contribution is -2.26. The predicted molar refractivity (Wildman–Crippen MR) is 87.0 cm³/mol. The summed E-state index contributed by atoms with van der Waals surface area (Å²) in [4.78, 5) is 18.1. The summed E-state index contributed by atoms with van der Waals surface area (Å²) in [5, 5.41) is 4.47. The summed E-state index contributed by atoms with van der Waals surface area (Å²) in [6.07, 6.45) is 0. The molecule has 6 heteroatoms. The lowest BCUT2D eigenvalue weighted by Gasteiger charge is -2.14. The molecule has 0 radical (unpaired) electrons. The maximum absolute atomic E-state index is 12.3. The van der Waals surface area contributed by atoms with Gasteiger partial charge in [-0.15, -0.1) is 0 Å². The molecule has 0 unspecified atom stereocenters. The van der Waals surface area contributed by atoms with Crippen molar-refractivity contribution in [1.82, 2.24) is 15.0 Å². The highest BCUT2D eigenvalue weighted by Crippen LogP contribution is 2.25. The van der Waals surface area contributed by atoms with Crippen LogP contribution in [0.3, 0.4) is 0 Å². The number of carbonyl (C=O) groups excluding carboxylic acids is 1. The zero-order valence-electron chi connectivity index (χ0n) is 12.4. The SMILES string of the molecule is CN(Cc1nc(-c2ccccc2Cl)no1)C(=O)c1ccccc1. The Hall–Kier alpha value is -2.66. The van der Waals surface area contributed by atoms with E-state index in [0.29, 0.717) is 27.9 Å². The number of nitrogens with zero attached hydrogens (tertiary/aromatic N) is 3. The third kappa shape index (κ3) is 3.40. The molecule has 0 aliphatic carbocycles. The van der Waals surface area contributed by atoms with Gasteiger partial charge in [0, 0.05) is 18.2 Å². The van der Waals surface area contributed by atoms with Crippen molar-refractivity contribution in [3.63, 3.8) is 0 Å². The van der Waals surface area contributed by atoms with Gasteiger partial charge in [0.05, 0.1) is 11.6 Å². The largest absolute Gasteiger partial charge is 0.337 e. The summed E-state index contributed by atoms with van der Waals surface area (Å²) < 4.78 is 5.22. The molecule has 1 amide bonds. The number of hydrogen-bond donors (Lipinski definition) is 0. The zero-order chi connectivity index (χ0) is 16.2. The van der Waals surface area contributed by atoms with E-state index in [1.54, 1.807) is 25.2 Å². The van der Waals surface area contributed by atoms with E-state index < -0.39 is 0 Å². The normalized spacial score (nSPS) is 10.5. The molecule has 0 bridgehead atoms. The van der Waals surface area contributed by atoms with Gasteiger partial charge < -0.3 is 9.42 Å². The smallest absolute Gasteiger partial charge is 0.254 e. The third-order valence-corrected chi connectivity index (χ3v) is 3.65. The molecule has 0 atom stereocenters. The Kier molecular flexibility index (Phi) is 4.39. The molecule has 0 saturated carbocycles. The Morgan fingerprint density at radius 1 is 1.13 bits per heavy atom. The van der Waals surface area contributed by atoms with Gasteiger partial charge in [-0.3, -0.25) is 4.79 Å². The van der Waals surface area contributed by atoms with Gasteiger partial charge in [-0.2, -0.15) is 4.98 Å². The first-order valence-corrected chi connectivity index (χ1v) is 7.41. The van der Waals surface area contributed by atoms with Gasteiger partial charge >= 0.3 is 0 Å². The maximum atomic E-state index is 12.3. The summed E-state index contributed by atoms with van der Waals surface area (Å²) in [5.74, 6) is 0.654. The van der Waals surface area contributed by atoms with E-state index in [1.807, 2.05) is 36.4 Å². The van der Waals surface area contributed by atoms with Crippen LogP contribution in [0.5, 0.6) is 0 Å². The van der Waals surface area contributed by atoms with Gasteiger partial charge in [-0.25, -0.2) is 0 Å². The van der Waals surface area contributed by atoms with Gasteiger partial charge in [0.1, 0.15) is 0 Å². The first kappa shape index (κ1) is 15.2. The Morgan fingerprint density at radius 2 is 1.83 bits per heavy atom. The Labute approximate surface area is 138 Å². The third-order valence-electron chi connectivity index (χ3n) is 3.32. The van der Waals surface area contributed by atoms with Crippen molar-refractivity contribution in [2.75, 3.05) is 7.05 Å². The number of benzene rings is 2. The van der Waals surface area contributed by atoms with Crippen molar-refractivity contribution < 1.29 is 9.32 Å². The minimum atomic E-state index is -0.108. The second kappa shape index (κ2) is 6.62. The van der Waals surface area contributed by atoms with Crippen LogP contribution in [-0.2, 0) is 6.54 Å². The zero-order valence-corrected chi connectivity index (χ0v) is 13.2. The molecule has 0 aliphatic rings. The number of rotatable bonds is 4. The summed E-state index contributed by atoms with van der Waals surface area (Å²) in [7, 11) is 1.69. The van der Waals surface area contributed by atoms with Crippen LogP contribution in [0.2, 0.25) is 5.02 Å². The quantitative estimate of drug-likeness (QED) is 0.733. The van der Waals surface area contributed by atoms with Gasteiger partial charge in [0.2, 0.25) is 11.7 Å². The first-order valence-electron chi connectivity index (χ1n) is 7.03. The number of hydrogen-bond acceptors (Lipinski definition) is 4. The Balaban J connectivity index is 1.74. The second-order valence-corrected chi connectivity index (χ2v) is 5.43. The fraction of sp³-hybridized carbons (Fsp3) is 0.118. The summed E-state index contributed by atoms with van der Waals surface area (Å²) in [6.45, 7) is 0.227. The summed E-state index contributed by atoms with van der Waals surface area (Å²) >= 11 is 6.12. The minimum absolute atomic E-state index is 0.108. The molecule has 1 heterocycles. The number of carbonyl (C=O) groups is 1. The van der Waals surface area contributed by atoms with Crippen LogP contribution < -0.4 is 0 Å². The van der Waals surface area contributed by atoms with Gasteiger partial charge in [-0.05, 0) is 24.3 Å². The van der Waals surface area contributed by atoms with Crippen LogP contribution in [0.4, 0.5) is 0 Å². The van der Waals surface area contributed by atoms with Crippen LogP contribution in [-0.4, -0.2) is 28.0 Å². The highest BCUT2D eigenvalue weighted by Gasteiger charge is 2.16. The minimum Gasteiger partial charge on any atom is -0.337 e. The molecule has 0 saturated heterocycles. The molecule has 3 aromatic rings. The van der Waals surface area contributed by atoms with Crippen molar-refractivity contribution in [3.05, 3.63) is 71.1 Å². The fourth-order valence-corrected chi connectivity index (χ4v) is 2.37. The number of halogens is 1. The van der Waals surface area contributed by atoms with E-state index in [2.05, 4.69) is 10.1 Å².